The van der Waals surface area contributed by atoms with Gasteiger partial charge in [-0.25, -0.2) is 4.79 Å². The van der Waals surface area contributed by atoms with Crippen LogP contribution in [0.4, 0.5) is 0 Å². The predicted octanol–water partition coefficient (Wildman–Crippen LogP) is 3.98. The van der Waals surface area contributed by atoms with E-state index in [2.05, 4.69) is 0 Å². The van der Waals surface area contributed by atoms with Crippen molar-refractivity contribution in [3.05, 3.63) is 53.8 Å². The van der Waals surface area contributed by atoms with E-state index in [9.17, 15) is 4.79 Å². The van der Waals surface area contributed by atoms with Gasteiger partial charge < -0.3 is 18.6 Å². The monoisotopic (exact) mass is 312 g/mol. The number of carbonyl (C=O) groups excluding carboxylic acids is 1. The summed E-state index contributed by atoms with van der Waals surface area (Å²) in [6.07, 6.45) is 0. The van der Waals surface area contributed by atoms with Gasteiger partial charge in [-0.05, 0) is 25.1 Å². The van der Waals surface area contributed by atoms with Crippen LogP contribution in [0.1, 0.15) is 16.1 Å². The van der Waals surface area contributed by atoms with Crippen LogP contribution in [-0.2, 0) is 0 Å². The minimum Gasteiger partial charge on any atom is -0.493 e. The second kappa shape index (κ2) is 6.04. The summed E-state index contributed by atoms with van der Waals surface area (Å²) in [5.74, 6) is 0.612. The van der Waals surface area contributed by atoms with Crippen molar-refractivity contribution in [2.45, 2.75) is 6.92 Å². The summed E-state index contributed by atoms with van der Waals surface area (Å²) in [6, 6.07) is 12.6. The molecular weight excluding hydrogens is 296 g/mol. The Balaban J connectivity index is 2.00. The van der Waals surface area contributed by atoms with Gasteiger partial charge >= 0.3 is 5.97 Å². The average Bonchev–Trinajstić information content (AvgIpc) is 2.92. The van der Waals surface area contributed by atoms with E-state index in [1.807, 2.05) is 31.2 Å². The quantitative estimate of drug-likeness (QED) is 0.539. The zero-order valence-electron chi connectivity index (χ0n) is 13.1. The molecule has 0 saturated carbocycles. The number of methoxy groups -OCH3 is 2. The average molecular weight is 312 g/mol. The van der Waals surface area contributed by atoms with E-state index in [1.165, 1.54) is 14.2 Å². The van der Waals surface area contributed by atoms with Crippen LogP contribution in [0.3, 0.4) is 0 Å². The number of rotatable bonds is 4. The zero-order chi connectivity index (χ0) is 16.4. The number of hydrogen-bond acceptors (Lipinski definition) is 5. The zero-order valence-corrected chi connectivity index (χ0v) is 13.1. The molecule has 3 aromatic rings. The maximum Gasteiger partial charge on any atom is 0.380 e. The first-order valence-corrected chi connectivity index (χ1v) is 7.07. The van der Waals surface area contributed by atoms with Crippen LogP contribution >= 0.6 is 0 Å². The van der Waals surface area contributed by atoms with Crippen LogP contribution in [0.2, 0.25) is 0 Å². The van der Waals surface area contributed by atoms with Gasteiger partial charge in [0.2, 0.25) is 11.5 Å². The number of fused-ring (bicyclic) bond motifs is 1. The molecule has 1 heterocycles. The topological polar surface area (TPSA) is 57.9 Å². The second-order valence-corrected chi connectivity index (χ2v) is 4.93. The summed E-state index contributed by atoms with van der Waals surface area (Å²) in [5.41, 5.74) is 1.38. The third-order valence-electron chi connectivity index (χ3n) is 3.61. The molecule has 0 radical (unpaired) electrons. The van der Waals surface area contributed by atoms with Gasteiger partial charge in [0.25, 0.3) is 0 Å². The molecule has 0 aliphatic rings. The molecule has 23 heavy (non-hydrogen) atoms. The smallest absolute Gasteiger partial charge is 0.380 e. The van der Waals surface area contributed by atoms with Gasteiger partial charge in [0.15, 0.2) is 11.5 Å². The molecule has 0 fully saturated rings. The van der Waals surface area contributed by atoms with Crippen molar-refractivity contribution < 1.29 is 23.4 Å². The van der Waals surface area contributed by atoms with E-state index < -0.39 is 5.97 Å². The highest BCUT2D eigenvalue weighted by atomic mass is 16.6. The van der Waals surface area contributed by atoms with Crippen LogP contribution in [0.25, 0.3) is 11.0 Å². The van der Waals surface area contributed by atoms with E-state index in [1.54, 1.807) is 18.2 Å². The van der Waals surface area contributed by atoms with Crippen LogP contribution in [0.15, 0.2) is 46.9 Å². The number of aryl methyl sites for hydroxylation is 1. The van der Waals surface area contributed by atoms with Gasteiger partial charge in [-0.1, -0.05) is 24.3 Å². The highest BCUT2D eigenvalue weighted by Crippen LogP contribution is 2.37. The lowest BCUT2D eigenvalue weighted by Gasteiger charge is -2.12. The van der Waals surface area contributed by atoms with E-state index >= 15 is 0 Å². The van der Waals surface area contributed by atoms with Gasteiger partial charge in [0.1, 0.15) is 5.58 Å². The van der Waals surface area contributed by atoms with Crippen molar-refractivity contribution in [2.24, 2.45) is 0 Å². The van der Waals surface area contributed by atoms with Crippen LogP contribution in [0.5, 0.6) is 17.2 Å². The molecule has 5 heteroatoms. The van der Waals surface area contributed by atoms with Gasteiger partial charge in [-0.15, -0.1) is 0 Å². The Hall–Kier alpha value is -2.95. The normalized spacial score (nSPS) is 10.6. The molecule has 0 spiro atoms. The van der Waals surface area contributed by atoms with Gasteiger partial charge in [-0.3, -0.25) is 0 Å². The highest BCUT2D eigenvalue weighted by Gasteiger charge is 2.22. The fraction of sp³-hybridized carbons (Fsp3) is 0.167. The lowest BCUT2D eigenvalue weighted by Crippen LogP contribution is -2.10. The molecule has 0 saturated heterocycles. The summed E-state index contributed by atoms with van der Waals surface area (Å²) < 4.78 is 21.5. The number of benzene rings is 2. The fourth-order valence-corrected chi connectivity index (χ4v) is 2.43. The van der Waals surface area contributed by atoms with Gasteiger partial charge in [0.05, 0.1) is 14.2 Å². The molecule has 0 atom stereocenters. The molecule has 5 nitrogen and oxygen atoms in total. The Kier molecular flexibility index (Phi) is 3.93. The lowest BCUT2D eigenvalue weighted by molar-refractivity contribution is 0.0692. The number of carbonyl (C=O) groups is 1. The second-order valence-electron chi connectivity index (χ2n) is 4.93. The number of hydrogen-bond donors (Lipinski definition) is 0. The standard InChI is InChI=1S/C18H16O5/c1-11-12-7-4-5-8-13(12)22-16(11)18(19)23-17-14(20-2)9-6-10-15(17)21-3/h4-10H,1-3H3. The third-order valence-corrected chi connectivity index (χ3v) is 3.61. The number of para-hydroxylation sites is 2. The van der Waals surface area contributed by atoms with Crippen molar-refractivity contribution >= 4 is 16.9 Å². The summed E-state index contributed by atoms with van der Waals surface area (Å²) in [4.78, 5) is 12.5. The first-order valence-electron chi connectivity index (χ1n) is 7.07. The summed E-state index contributed by atoms with van der Waals surface area (Å²) in [7, 11) is 3.00. The van der Waals surface area contributed by atoms with Crippen molar-refractivity contribution in [1.29, 1.82) is 0 Å². The van der Waals surface area contributed by atoms with Crippen LogP contribution in [0, 0.1) is 6.92 Å². The van der Waals surface area contributed by atoms with Crippen molar-refractivity contribution in [3.63, 3.8) is 0 Å². The molecule has 1 aromatic heterocycles. The van der Waals surface area contributed by atoms with E-state index in [-0.39, 0.29) is 11.5 Å². The molecule has 2 aromatic carbocycles. The summed E-state index contributed by atoms with van der Waals surface area (Å²) >= 11 is 0. The Morgan fingerprint density at radius 3 is 2.22 bits per heavy atom. The molecule has 0 amide bonds. The minimum atomic E-state index is -0.596. The Morgan fingerprint density at radius 2 is 1.61 bits per heavy atom. The van der Waals surface area contributed by atoms with Crippen molar-refractivity contribution in [3.8, 4) is 17.2 Å². The molecule has 0 bridgehead atoms. The van der Waals surface area contributed by atoms with Gasteiger partial charge in [-0.2, -0.15) is 0 Å². The SMILES string of the molecule is COc1cccc(OC)c1OC(=O)c1oc2ccccc2c1C. The lowest BCUT2D eigenvalue weighted by atomic mass is 10.1. The Labute approximate surface area is 133 Å². The van der Waals surface area contributed by atoms with Gasteiger partial charge in [0, 0.05) is 10.9 Å². The van der Waals surface area contributed by atoms with Crippen molar-refractivity contribution in [2.75, 3.05) is 14.2 Å². The number of furan rings is 1. The van der Waals surface area contributed by atoms with Crippen LogP contribution in [-0.4, -0.2) is 20.2 Å². The minimum absolute atomic E-state index is 0.166. The molecule has 0 unspecified atom stereocenters. The fourth-order valence-electron chi connectivity index (χ4n) is 2.43. The van der Waals surface area contributed by atoms with Crippen LogP contribution < -0.4 is 14.2 Å². The maximum atomic E-state index is 12.5. The van der Waals surface area contributed by atoms with E-state index in [4.69, 9.17) is 18.6 Å². The molecule has 0 N–H and O–H groups in total. The summed E-state index contributed by atoms with van der Waals surface area (Å²) in [6.45, 7) is 1.82. The largest absolute Gasteiger partial charge is 0.493 e. The number of esters is 1. The number of ether oxygens (including phenoxy) is 3. The maximum absolute atomic E-state index is 12.5. The Bertz CT molecular complexity index is 841. The summed E-state index contributed by atoms with van der Waals surface area (Å²) in [5, 5.41) is 0.881. The van der Waals surface area contributed by atoms with E-state index in [0.717, 1.165) is 10.9 Å². The Morgan fingerprint density at radius 1 is 0.957 bits per heavy atom. The van der Waals surface area contributed by atoms with Crippen molar-refractivity contribution in [1.82, 2.24) is 0 Å². The predicted molar refractivity (Wildman–Crippen MR) is 85.5 cm³/mol. The molecule has 0 aliphatic carbocycles. The molecular formula is C18H16O5. The first-order chi connectivity index (χ1) is 11.2. The van der Waals surface area contributed by atoms with E-state index in [0.29, 0.717) is 17.1 Å². The first kappa shape index (κ1) is 15.0. The molecule has 118 valence electrons. The third kappa shape index (κ3) is 2.61. The highest BCUT2D eigenvalue weighted by molar-refractivity contribution is 5.97. The molecule has 0 aliphatic heterocycles. The molecule has 3 rings (SSSR count).